The first-order valence-electron chi connectivity index (χ1n) is 22.4. The van der Waals surface area contributed by atoms with E-state index in [0.717, 1.165) is 11.8 Å². The molecule has 5 aliphatic rings. The molecule has 2 unspecified atom stereocenters. The second-order valence-electron chi connectivity index (χ2n) is 18.4. The van der Waals surface area contributed by atoms with Crippen LogP contribution < -0.4 is 24.8 Å². The number of rotatable bonds is 6. The molecule has 0 radical (unpaired) electrons. The Morgan fingerprint density at radius 1 is 0.400 bits per heavy atom. The number of allylic oxidation sites excluding steroid dienone is 2. The van der Waals surface area contributed by atoms with Crippen LogP contribution in [0.4, 0.5) is 0 Å². The summed E-state index contributed by atoms with van der Waals surface area (Å²) in [5, 5.41) is 3.40. The molecule has 4 bridgehead atoms. The van der Waals surface area contributed by atoms with Gasteiger partial charge in [0.1, 0.15) is 0 Å². The molecule has 0 aromatic heterocycles. The minimum absolute atomic E-state index is 0. The average molecular weight is 917 g/mol. The minimum Gasteiger partial charge on any atom is -1.00 e. The number of hydrogen-bond acceptors (Lipinski definition) is 0. The first-order chi connectivity index (χ1) is 28.6. The van der Waals surface area contributed by atoms with Crippen LogP contribution in [0.2, 0.25) is 13.1 Å². The molecule has 2 saturated carbocycles. The molecule has 2 atom stereocenters. The molecule has 1 heterocycles. The number of halogens is 2. The van der Waals surface area contributed by atoms with Crippen molar-refractivity contribution in [2.24, 2.45) is 0 Å². The standard InChI is InChI=1S/C56H54Si.2ClH.Zr/c1-57(2,55-51(43-21-11-5-12-22-43)37-47-25-15-27-49(53(47)55)45-33-29-41(30-34-45)39-17-7-3-8-18-39)56-52(44-23-13-6-14-24-44)38-48-26-16-28-50(54(48)56)46-35-31-42(32-36-46)40-19-9-4-10-20-40;;;/h5-6,11-16,21-40H,3-4,7-10,17-20H2,1-2H3;2*1H;/q;;;+2/p-2. The first-order valence-corrected chi connectivity index (χ1v) is 28.2. The van der Waals surface area contributed by atoms with Gasteiger partial charge in [0.05, 0.1) is 0 Å². The van der Waals surface area contributed by atoms with Crippen LogP contribution in [-0.2, 0) is 23.2 Å². The molecule has 0 spiro atoms. The predicted octanol–water partition coefficient (Wildman–Crippen LogP) is 9.64. The van der Waals surface area contributed by atoms with Gasteiger partial charge in [0.15, 0.2) is 0 Å². The summed E-state index contributed by atoms with van der Waals surface area (Å²) in [4.78, 5) is 0. The van der Waals surface area contributed by atoms with Gasteiger partial charge in [-0.2, -0.15) is 0 Å². The summed E-state index contributed by atoms with van der Waals surface area (Å²) >= 11 is -1.23. The summed E-state index contributed by atoms with van der Waals surface area (Å²) in [6.45, 7) is 5.45. The Bertz CT molecular complexity index is 2380. The van der Waals surface area contributed by atoms with Gasteiger partial charge in [-0.05, 0) is 0 Å². The smallest absolute Gasteiger partial charge is 1.00 e. The molecule has 6 aromatic rings. The Balaban J connectivity index is 0.00000231. The molecule has 0 nitrogen and oxygen atoms in total. The second-order valence-corrected chi connectivity index (χ2v) is 26.3. The van der Waals surface area contributed by atoms with Crippen molar-refractivity contribution in [1.29, 1.82) is 0 Å². The third kappa shape index (κ3) is 7.07. The zero-order valence-electron chi connectivity index (χ0n) is 35.0. The quantitative estimate of drug-likeness (QED) is 0.146. The molecule has 1 aliphatic heterocycles. The first kappa shape index (κ1) is 41.8. The largest absolute Gasteiger partial charge is 1.00 e. The van der Waals surface area contributed by atoms with E-state index in [9.17, 15) is 0 Å². The summed E-state index contributed by atoms with van der Waals surface area (Å²) in [6.07, 6.45) is 13.7. The van der Waals surface area contributed by atoms with Crippen molar-refractivity contribution in [2.45, 2.75) is 96.4 Å². The molecule has 300 valence electrons. The normalized spacial score (nSPS) is 20.4. The third-order valence-electron chi connectivity index (χ3n) is 14.8. The molecule has 0 N–H and O–H groups in total. The molecule has 60 heavy (non-hydrogen) atoms. The van der Waals surface area contributed by atoms with Gasteiger partial charge in [-0.15, -0.1) is 0 Å². The Hall–Kier alpha value is -3.52. The fraction of sp³-hybridized carbons (Fsp3) is 0.286. The van der Waals surface area contributed by atoms with Crippen molar-refractivity contribution in [3.05, 3.63) is 190 Å². The third-order valence-corrected chi connectivity index (χ3v) is 22.9. The van der Waals surface area contributed by atoms with E-state index < -0.39 is 31.3 Å². The zero-order valence-corrected chi connectivity index (χ0v) is 40.0. The van der Waals surface area contributed by atoms with Gasteiger partial charge in [0.25, 0.3) is 0 Å². The number of benzene rings is 6. The molecular weight excluding hydrogens is 863 g/mol. The van der Waals surface area contributed by atoms with E-state index in [0.29, 0.717) is 7.25 Å². The Morgan fingerprint density at radius 3 is 1.17 bits per heavy atom. The van der Waals surface area contributed by atoms with Crippen molar-refractivity contribution in [1.82, 2.24) is 0 Å². The van der Waals surface area contributed by atoms with E-state index in [1.807, 2.05) is 0 Å². The topological polar surface area (TPSA) is 0 Å². The number of hydrogen-bond donors (Lipinski definition) is 0. The fourth-order valence-corrected chi connectivity index (χ4v) is 22.0. The van der Waals surface area contributed by atoms with Crippen molar-refractivity contribution >= 4 is 29.6 Å². The van der Waals surface area contributed by atoms with E-state index in [2.05, 4.69) is 159 Å². The van der Waals surface area contributed by atoms with Gasteiger partial charge in [0.2, 0.25) is 0 Å². The van der Waals surface area contributed by atoms with Gasteiger partial charge in [-0.25, -0.2) is 0 Å². The van der Waals surface area contributed by atoms with Gasteiger partial charge in [-0.1, -0.05) is 0 Å². The number of fused-ring (bicyclic) bond motifs is 8. The maximum absolute atomic E-state index is 2.73. The van der Waals surface area contributed by atoms with Crippen LogP contribution in [0.5, 0.6) is 0 Å². The summed E-state index contributed by atoms with van der Waals surface area (Å²) in [5.41, 5.74) is 21.4. The molecule has 0 saturated heterocycles. The van der Waals surface area contributed by atoms with E-state index in [-0.39, 0.29) is 24.8 Å². The predicted molar refractivity (Wildman–Crippen MR) is 245 cm³/mol. The van der Waals surface area contributed by atoms with Crippen molar-refractivity contribution < 1.29 is 48.0 Å². The van der Waals surface area contributed by atoms with Gasteiger partial charge in [-0.3, -0.25) is 0 Å². The fourth-order valence-electron chi connectivity index (χ4n) is 12.1. The van der Waals surface area contributed by atoms with Gasteiger partial charge >= 0.3 is 362 Å². The molecule has 0 amide bonds. The summed E-state index contributed by atoms with van der Waals surface area (Å²) in [5.74, 6) is 1.44. The Labute approximate surface area is 383 Å². The Kier molecular flexibility index (Phi) is 12.1. The average Bonchev–Trinajstić information content (AvgIpc) is 3.83. The van der Waals surface area contributed by atoms with Crippen LogP contribution in [0, 0.1) is 0 Å². The van der Waals surface area contributed by atoms with Gasteiger partial charge < -0.3 is 24.8 Å². The van der Waals surface area contributed by atoms with Crippen LogP contribution >= 0.6 is 0 Å². The van der Waals surface area contributed by atoms with Crippen molar-refractivity contribution in [2.75, 3.05) is 0 Å². The molecular formula is C56H54Cl2SiZr. The summed E-state index contributed by atoms with van der Waals surface area (Å²) < 4.78 is 0.970. The summed E-state index contributed by atoms with van der Waals surface area (Å²) in [6, 6.07) is 57.9. The van der Waals surface area contributed by atoms with E-state index in [4.69, 9.17) is 0 Å². The van der Waals surface area contributed by atoms with Crippen LogP contribution in [0.25, 0.3) is 43.8 Å². The maximum atomic E-state index is 2.73. The summed E-state index contributed by atoms with van der Waals surface area (Å²) in [7, 11) is -2.46. The van der Waals surface area contributed by atoms with Crippen LogP contribution in [-0.4, -0.2) is 8.07 Å². The second kappa shape index (κ2) is 17.3. The monoisotopic (exact) mass is 914 g/mol. The molecule has 4 aliphatic carbocycles. The molecule has 6 aromatic carbocycles. The van der Waals surface area contributed by atoms with Crippen molar-refractivity contribution in [3.63, 3.8) is 0 Å². The SMILES string of the molecule is C[Si]1(C)C2=C(c3ccccc3)[CH]([Zr+2][CH]3C(c4ccccc4)=C1c1c(-c4ccc(C5CCCCC5)cc4)cccc13)c1cccc(-c3ccc(C4CCCCC4)cc3)c12.[Cl-].[Cl-]. The van der Waals surface area contributed by atoms with Gasteiger partial charge in [0, 0.05) is 0 Å². The molecule has 11 rings (SSSR count). The maximum Gasteiger partial charge on any atom is -1.00 e. The minimum atomic E-state index is -2.46. The van der Waals surface area contributed by atoms with Crippen molar-refractivity contribution in [3.8, 4) is 22.3 Å². The zero-order chi connectivity index (χ0) is 38.8. The Morgan fingerprint density at radius 2 is 0.783 bits per heavy atom. The van der Waals surface area contributed by atoms with E-state index in [1.54, 1.807) is 54.9 Å². The van der Waals surface area contributed by atoms with Crippen LogP contribution in [0.1, 0.15) is 128 Å². The molecule has 4 heteroatoms. The van der Waals surface area contributed by atoms with E-state index in [1.165, 1.54) is 97.6 Å². The molecule has 2 fully saturated rings. The van der Waals surface area contributed by atoms with Crippen LogP contribution in [0.3, 0.4) is 0 Å². The van der Waals surface area contributed by atoms with Crippen LogP contribution in [0.15, 0.2) is 146 Å². The van der Waals surface area contributed by atoms with E-state index >= 15 is 0 Å².